The number of piperidine rings is 1. The van der Waals surface area contributed by atoms with E-state index in [9.17, 15) is 13.9 Å². The second-order valence-electron chi connectivity index (χ2n) is 7.50. The summed E-state index contributed by atoms with van der Waals surface area (Å²) in [6, 6.07) is 6.94. The molecule has 0 saturated carbocycles. The van der Waals surface area contributed by atoms with Crippen molar-refractivity contribution in [2.75, 3.05) is 26.2 Å². The first-order chi connectivity index (χ1) is 13.9. The third kappa shape index (κ3) is 8.89. The zero-order chi connectivity index (χ0) is 21.2. The van der Waals surface area contributed by atoms with Crippen molar-refractivity contribution in [2.24, 2.45) is 4.99 Å². The summed E-state index contributed by atoms with van der Waals surface area (Å²) in [4.78, 5) is 7.18. The smallest absolute Gasteiger partial charge is 0.387 e. The van der Waals surface area contributed by atoms with Gasteiger partial charge < -0.3 is 20.5 Å². The lowest BCUT2D eigenvalue weighted by atomic mass is 10.0. The second kappa shape index (κ2) is 14.0. The van der Waals surface area contributed by atoms with Crippen LogP contribution in [0.2, 0.25) is 0 Å². The van der Waals surface area contributed by atoms with Crippen molar-refractivity contribution in [1.82, 2.24) is 15.5 Å². The van der Waals surface area contributed by atoms with Crippen LogP contribution in [-0.2, 0) is 0 Å². The molecule has 0 aliphatic carbocycles. The van der Waals surface area contributed by atoms with Crippen LogP contribution in [0.1, 0.15) is 51.7 Å². The highest BCUT2D eigenvalue weighted by Gasteiger charge is 2.22. The molecule has 0 spiro atoms. The van der Waals surface area contributed by atoms with Gasteiger partial charge in [0.15, 0.2) is 5.96 Å². The minimum Gasteiger partial charge on any atom is -0.435 e. The van der Waals surface area contributed by atoms with Crippen molar-refractivity contribution < 1.29 is 18.6 Å². The fraction of sp³-hybridized carbons (Fsp3) is 0.667. The molecule has 0 amide bonds. The van der Waals surface area contributed by atoms with Crippen LogP contribution in [0.3, 0.4) is 0 Å². The Morgan fingerprint density at radius 3 is 2.57 bits per heavy atom. The fourth-order valence-corrected chi connectivity index (χ4v) is 3.63. The molecule has 1 aromatic carbocycles. The number of benzene rings is 1. The number of alkyl halides is 2. The number of aliphatic hydroxyl groups excluding tert-OH is 1. The van der Waals surface area contributed by atoms with E-state index in [1.165, 1.54) is 31.4 Å². The quantitative estimate of drug-likeness (QED) is 0.253. The monoisotopic (exact) mass is 540 g/mol. The number of aliphatic hydroxyl groups is 1. The average Bonchev–Trinajstić information content (AvgIpc) is 2.70. The van der Waals surface area contributed by atoms with Gasteiger partial charge in [0.05, 0.1) is 12.6 Å². The van der Waals surface area contributed by atoms with E-state index in [-0.39, 0.29) is 36.3 Å². The third-order valence-electron chi connectivity index (χ3n) is 5.23. The van der Waals surface area contributed by atoms with Crippen LogP contribution in [-0.4, -0.2) is 60.8 Å². The summed E-state index contributed by atoms with van der Waals surface area (Å²) < 4.78 is 28.8. The lowest BCUT2D eigenvalue weighted by molar-refractivity contribution is -0.0498. The highest BCUT2D eigenvalue weighted by molar-refractivity contribution is 14.0. The number of rotatable bonds is 9. The van der Waals surface area contributed by atoms with Crippen LogP contribution in [0.15, 0.2) is 29.3 Å². The summed E-state index contributed by atoms with van der Waals surface area (Å²) in [5.74, 6) is 0.723. The lowest BCUT2D eigenvalue weighted by Crippen LogP contribution is -2.46. The largest absolute Gasteiger partial charge is 0.435 e. The summed E-state index contributed by atoms with van der Waals surface area (Å²) in [6.07, 6.45) is 2.98. The van der Waals surface area contributed by atoms with E-state index in [1.807, 2.05) is 6.92 Å². The van der Waals surface area contributed by atoms with Crippen LogP contribution in [0.5, 0.6) is 5.75 Å². The van der Waals surface area contributed by atoms with E-state index in [0.29, 0.717) is 30.2 Å². The second-order valence-corrected chi connectivity index (χ2v) is 7.50. The van der Waals surface area contributed by atoms with Gasteiger partial charge in [0, 0.05) is 25.2 Å². The molecule has 1 saturated heterocycles. The minimum absolute atomic E-state index is 0. The number of nitrogens with zero attached hydrogens (tertiary/aromatic N) is 2. The summed E-state index contributed by atoms with van der Waals surface area (Å²) in [5, 5.41) is 16.7. The Morgan fingerprint density at radius 2 is 1.97 bits per heavy atom. The first kappa shape index (κ1) is 26.8. The van der Waals surface area contributed by atoms with Crippen molar-refractivity contribution >= 4 is 29.9 Å². The van der Waals surface area contributed by atoms with Gasteiger partial charge in [-0.1, -0.05) is 18.6 Å². The summed E-state index contributed by atoms with van der Waals surface area (Å²) in [5.41, 5.74) is 0.616. The molecule has 172 valence electrons. The first-order valence-corrected chi connectivity index (χ1v) is 10.4. The van der Waals surface area contributed by atoms with Gasteiger partial charge in [0.1, 0.15) is 5.75 Å². The van der Waals surface area contributed by atoms with Crippen LogP contribution in [0.4, 0.5) is 8.78 Å². The Labute approximate surface area is 195 Å². The maximum absolute atomic E-state index is 12.2. The van der Waals surface area contributed by atoms with Crippen molar-refractivity contribution in [3.63, 3.8) is 0 Å². The molecule has 0 aromatic heterocycles. The van der Waals surface area contributed by atoms with E-state index in [0.717, 1.165) is 13.1 Å². The first-order valence-electron chi connectivity index (χ1n) is 10.4. The highest BCUT2D eigenvalue weighted by atomic mass is 127. The van der Waals surface area contributed by atoms with Gasteiger partial charge in [-0.25, -0.2) is 0 Å². The zero-order valence-corrected chi connectivity index (χ0v) is 20.3. The van der Waals surface area contributed by atoms with Crippen molar-refractivity contribution in [3.05, 3.63) is 29.8 Å². The van der Waals surface area contributed by atoms with Gasteiger partial charge in [-0.15, -0.1) is 24.0 Å². The molecule has 2 rings (SSSR count). The Bertz CT molecular complexity index is 634. The lowest BCUT2D eigenvalue weighted by Gasteiger charge is -2.37. The molecule has 1 aliphatic heterocycles. The van der Waals surface area contributed by atoms with Gasteiger partial charge in [0.25, 0.3) is 0 Å². The molecule has 0 radical (unpaired) electrons. The molecular formula is C21H35F2IN4O2. The van der Waals surface area contributed by atoms with E-state index in [2.05, 4.69) is 39.1 Å². The Balaban J connectivity index is 0.00000450. The molecule has 3 unspecified atom stereocenters. The Hall–Kier alpha value is -1.20. The molecule has 9 heteroatoms. The van der Waals surface area contributed by atoms with Crippen molar-refractivity contribution in [3.8, 4) is 5.75 Å². The number of ether oxygens (including phenoxy) is 1. The number of hydrogen-bond acceptors (Lipinski definition) is 4. The molecule has 1 aliphatic rings. The molecule has 30 heavy (non-hydrogen) atoms. The van der Waals surface area contributed by atoms with Gasteiger partial charge in [0.2, 0.25) is 0 Å². The SMILES string of the molecule is CCNC(=NCC(C)N1CCCCC1C)NCC(O)c1ccc(OC(F)F)cc1.I. The molecular weight excluding hydrogens is 505 g/mol. The molecule has 1 fully saturated rings. The van der Waals surface area contributed by atoms with Crippen LogP contribution >= 0.6 is 24.0 Å². The number of halogens is 3. The molecule has 1 aromatic rings. The minimum atomic E-state index is -2.86. The predicted octanol–water partition coefficient (Wildman–Crippen LogP) is 3.76. The van der Waals surface area contributed by atoms with E-state index in [4.69, 9.17) is 0 Å². The fourth-order valence-electron chi connectivity index (χ4n) is 3.63. The van der Waals surface area contributed by atoms with E-state index < -0.39 is 12.7 Å². The van der Waals surface area contributed by atoms with Gasteiger partial charge in [-0.3, -0.25) is 9.89 Å². The van der Waals surface area contributed by atoms with Crippen molar-refractivity contribution in [2.45, 2.75) is 64.8 Å². The van der Waals surface area contributed by atoms with Gasteiger partial charge in [-0.2, -0.15) is 8.78 Å². The van der Waals surface area contributed by atoms with Crippen LogP contribution < -0.4 is 15.4 Å². The van der Waals surface area contributed by atoms with Crippen molar-refractivity contribution in [1.29, 1.82) is 0 Å². The summed E-state index contributed by atoms with van der Waals surface area (Å²) in [7, 11) is 0. The topological polar surface area (TPSA) is 69.1 Å². The van der Waals surface area contributed by atoms with Crippen LogP contribution in [0, 0.1) is 0 Å². The number of hydrogen-bond donors (Lipinski definition) is 3. The number of nitrogens with one attached hydrogen (secondary N) is 2. The summed E-state index contributed by atoms with van der Waals surface area (Å²) in [6.45, 7) is 6.38. The maximum Gasteiger partial charge on any atom is 0.387 e. The summed E-state index contributed by atoms with van der Waals surface area (Å²) >= 11 is 0. The van der Waals surface area contributed by atoms with Gasteiger partial charge in [-0.05, 0) is 57.9 Å². The molecule has 3 N–H and O–H groups in total. The predicted molar refractivity (Wildman–Crippen MR) is 127 cm³/mol. The Kier molecular flexibility index (Phi) is 12.5. The molecule has 0 bridgehead atoms. The number of likely N-dealkylation sites (tertiary alicyclic amines) is 1. The van der Waals surface area contributed by atoms with Gasteiger partial charge >= 0.3 is 6.61 Å². The molecule has 1 heterocycles. The Morgan fingerprint density at radius 1 is 1.27 bits per heavy atom. The third-order valence-corrected chi connectivity index (χ3v) is 5.23. The van der Waals surface area contributed by atoms with E-state index >= 15 is 0 Å². The molecule has 6 nitrogen and oxygen atoms in total. The average molecular weight is 540 g/mol. The normalized spacial score (nSPS) is 19.7. The van der Waals surface area contributed by atoms with E-state index in [1.54, 1.807) is 12.1 Å². The number of aliphatic imine (C=N–C) groups is 1. The maximum atomic E-state index is 12.2. The standard InChI is InChI=1S/C21H34F2N4O2.HI/c1-4-24-21(25-13-16(3)27-12-6-5-7-15(27)2)26-14-19(28)17-8-10-18(11-9-17)29-20(22)23;/h8-11,15-16,19-20,28H,4-7,12-14H2,1-3H3,(H2,24,25,26);1H. The molecule has 3 atom stereocenters. The number of guanidine groups is 1. The van der Waals surface area contributed by atoms with Crippen LogP contribution in [0.25, 0.3) is 0 Å². The zero-order valence-electron chi connectivity index (χ0n) is 18.0. The highest BCUT2D eigenvalue weighted by Crippen LogP contribution is 2.20.